The molecule has 22 heavy (non-hydrogen) atoms. The largest absolute Gasteiger partial charge is 0.334 e. The highest BCUT2D eigenvalue weighted by atomic mass is 16.5. The van der Waals surface area contributed by atoms with Crippen LogP contribution in [0.1, 0.15) is 5.69 Å². The summed E-state index contributed by atoms with van der Waals surface area (Å²) in [5, 5.41) is 5.02. The van der Waals surface area contributed by atoms with Crippen LogP contribution < -0.4 is 0 Å². The Morgan fingerprint density at radius 1 is 0.955 bits per heavy atom. The lowest BCUT2D eigenvalue weighted by Crippen LogP contribution is -1.89. The number of fused-ring (bicyclic) bond motifs is 1. The lowest BCUT2D eigenvalue weighted by atomic mass is 10.1. The smallest absolute Gasteiger partial charge is 0.259 e. The highest BCUT2D eigenvalue weighted by molar-refractivity contribution is 5.92. The summed E-state index contributed by atoms with van der Waals surface area (Å²) in [5.74, 6) is 0.955. The number of rotatable bonds is 2. The van der Waals surface area contributed by atoms with Crippen LogP contribution in [0.25, 0.3) is 33.9 Å². The van der Waals surface area contributed by atoms with Crippen molar-refractivity contribution in [3.8, 4) is 23.0 Å². The van der Waals surface area contributed by atoms with Crippen molar-refractivity contribution in [2.45, 2.75) is 6.92 Å². The minimum atomic E-state index is 0.474. The van der Waals surface area contributed by atoms with Crippen LogP contribution in [0.5, 0.6) is 0 Å². The van der Waals surface area contributed by atoms with Crippen LogP contribution >= 0.6 is 0 Å². The zero-order chi connectivity index (χ0) is 14.9. The van der Waals surface area contributed by atoms with E-state index in [2.05, 4.69) is 20.1 Å². The molecule has 0 fully saturated rings. The van der Waals surface area contributed by atoms with E-state index in [-0.39, 0.29) is 0 Å². The molecule has 5 nitrogen and oxygen atoms in total. The van der Waals surface area contributed by atoms with Crippen LogP contribution in [-0.4, -0.2) is 20.1 Å². The maximum atomic E-state index is 5.44. The van der Waals surface area contributed by atoms with E-state index in [1.165, 1.54) is 0 Å². The molecule has 0 bridgehead atoms. The Kier molecular flexibility index (Phi) is 2.89. The molecule has 0 saturated heterocycles. The van der Waals surface area contributed by atoms with Crippen molar-refractivity contribution < 1.29 is 4.52 Å². The van der Waals surface area contributed by atoms with E-state index in [1.54, 1.807) is 6.20 Å². The van der Waals surface area contributed by atoms with Gasteiger partial charge in [0.2, 0.25) is 5.82 Å². The van der Waals surface area contributed by atoms with Crippen molar-refractivity contribution in [3.63, 3.8) is 0 Å². The Labute approximate surface area is 126 Å². The summed E-state index contributed by atoms with van der Waals surface area (Å²) in [5.41, 5.74) is 3.40. The molecule has 3 heterocycles. The van der Waals surface area contributed by atoms with Crippen molar-refractivity contribution in [2.75, 3.05) is 0 Å². The third-order valence-corrected chi connectivity index (χ3v) is 3.39. The Morgan fingerprint density at radius 2 is 1.82 bits per heavy atom. The third kappa shape index (κ3) is 2.13. The Bertz CT molecular complexity index is 947. The summed E-state index contributed by atoms with van der Waals surface area (Å²) < 4.78 is 5.44. The quantitative estimate of drug-likeness (QED) is 0.563. The van der Waals surface area contributed by atoms with E-state index in [4.69, 9.17) is 4.52 Å². The fourth-order valence-corrected chi connectivity index (χ4v) is 2.42. The van der Waals surface area contributed by atoms with Gasteiger partial charge in [0.05, 0.1) is 11.1 Å². The first-order valence-electron chi connectivity index (χ1n) is 6.93. The lowest BCUT2D eigenvalue weighted by Gasteiger charge is -2.03. The van der Waals surface area contributed by atoms with Crippen molar-refractivity contribution in [1.82, 2.24) is 20.1 Å². The van der Waals surface area contributed by atoms with Crippen LogP contribution in [-0.2, 0) is 0 Å². The minimum Gasteiger partial charge on any atom is -0.334 e. The third-order valence-electron chi connectivity index (χ3n) is 3.39. The molecule has 1 aromatic carbocycles. The summed E-state index contributed by atoms with van der Waals surface area (Å²) in [4.78, 5) is 13.2. The number of aryl methyl sites for hydroxylation is 1. The fraction of sp³-hybridized carbons (Fsp3) is 0.0588. The van der Waals surface area contributed by atoms with E-state index < -0.39 is 0 Å². The molecule has 4 aromatic rings. The summed E-state index contributed by atoms with van der Waals surface area (Å²) in [7, 11) is 0. The number of benzene rings is 1. The number of para-hydroxylation sites is 1. The van der Waals surface area contributed by atoms with Crippen LogP contribution in [0.4, 0.5) is 0 Å². The molecule has 0 aliphatic heterocycles. The molecule has 106 valence electrons. The Balaban J connectivity index is 1.88. The average molecular weight is 288 g/mol. The average Bonchev–Trinajstić information content (AvgIpc) is 3.05. The van der Waals surface area contributed by atoms with Gasteiger partial charge in [0.1, 0.15) is 5.69 Å². The number of hydrogen-bond acceptors (Lipinski definition) is 5. The van der Waals surface area contributed by atoms with Gasteiger partial charge in [0.15, 0.2) is 0 Å². The maximum Gasteiger partial charge on any atom is 0.259 e. The number of pyridine rings is 2. The molecule has 5 heteroatoms. The molecule has 0 spiro atoms. The molecule has 0 saturated carbocycles. The molecule has 0 N–H and O–H groups in total. The number of hydrogen-bond donors (Lipinski definition) is 0. The standard InChI is InChI=1S/C17H12N4O/c1-11-10-13(12-6-2-3-7-14(12)19-11)17-20-16(21-22-17)15-8-4-5-9-18-15/h2-10H,1H3. The van der Waals surface area contributed by atoms with Crippen molar-refractivity contribution >= 4 is 10.9 Å². The first-order chi connectivity index (χ1) is 10.8. The Morgan fingerprint density at radius 3 is 2.68 bits per heavy atom. The molecular weight excluding hydrogens is 276 g/mol. The van der Waals surface area contributed by atoms with Gasteiger partial charge < -0.3 is 4.52 Å². The summed E-state index contributed by atoms with van der Waals surface area (Å²) in [6.07, 6.45) is 1.71. The summed E-state index contributed by atoms with van der Waals surface area (Å²) >= 11 is 0. The van der Waals surface area contributed by atoms with Crippen LogP contribution in [0.2, 0.25) is 0 Å². The predicted octanol–water partition coefficient (Wildman–Crippen LogP) is 3.66. The van der Waals surface area contributed by atoms with Crippen molar-refractivity contribution in [2.24, 2.45) is 0 Å². The SMILES string of the molecule is Cc1cc(-c2nc(-c3ccccn3)no2)c2ccccc2n1. The van der Waals surface area contributed by atoms with Gasteiger partial charge in [-0.25, -0.2) is 0 Å². The monoisotopic (exact) mass is 288 g/mol. The predicted molar refractivity (Wildman–Crippen MR) is 83.0 cm³/mol. The fourth-order valence-electron chi connectivity index (χ4n) is 2.42. The van der Waals surface area contributed by atoms with Crippen molar-refractivity contribution in [3.05, 3.63) is 60.4 Å². The normalized spacial score (nSPS) is 11.0. The van der Waals surface area contributed by atoms with Gasteiger partial charge in [0.25, 0.3) is 5.89 Å². The van der Waals surface area contributed by atoms with E-state index in [0.717, 1.165) is 22.2 Å². The first-order valence-corrected chi connectivity index (χ1v) is 6.93. The molecule has 0 amide bonds. The summed E-state index contributed by atoms with van der Waals surface area (Å²) in [6.45, 7) is 1.95. The highest BCUT2D eigenvalue weighted by Crippen LogP contribution is 2.28. The molecule has 3 aromatic heterocycles. The van der Waals surface area contributed by atoms with E-state index >= 15 is 0 Å². The van der Waals surface area contributed by atoms with Gasteiger partial charge in [-0.2, -0.15) is 4.98 Å². The first kappa shape index (κ1) is 12.6. The van der Waals surface area contributed by atoms with E-state index in [0.29, 0.717) is 17.4 Å². The highest BCUT2D eigenvalue weighted by Gasteiger charge is 2.14. The zero-order valence-corrected chi connectivity index (χ0v) is 11.9. The van der Waals surface area contributed by atoms with Gasteiger partial charge >= 0.3 is 0 Å². The van der Waals surface area contributed by atoms with Crippen LogP contribution in [0.15, 0.2) is 59.3 Å². The second-order valence-electron chi connectivity index (χ2n) is 4.97. The van der Waals surface area contributed by atoms with Gasteiger partial charge in [-0.3, -0.25) is 9.97 Å². The van der Waals surface area contributed by atoms with Gasteiger partial charge in [-0.15, -0.1) is 0 Å². The second-order valence-corrected chi connectivity index (χ2v) is 4.97. The minimum absolute atomic E-state index is 0.474. The topological polar surface area (TPSA) is 64.7 Å². The van der Waals surface area contributed by atoms with Gasteiger partial charge in [0, 0.05) is 17.3 Å². The molecule has 0 aliphatic rings. The van der Waals surface area contributed by atoms with Crippen LogP contribution in [0.3, 0.4) is 0 Å². The molecule has 0 aliphatic carbocycles. The molecule has 0 radical (unpaired) electrons. The molecule has 4 rings (SSSR count). The summed E-state index contributed by atoms with van der Waals surface area (Å²) in [6, 6.07) is 15.5. The second kappa shape index (κ2) is 5.04. The molecular formula is C17H12N4O. The van der Waals surface area contributed by atoms with Crippen molar-refractivity contribution in [1.29, 1.82) is 0 Å². The number of aromatic nitrogens is 4. The van der Waals surface area contributed by atoms with Gasteiger partial charge in [-0.1, -0.05) is 29.4 Å². The molecule has 0 unspecified atom stereocenters. The van der Waals surface area contributed by atoms with Crippen LogP contribution in [0, 0.1) is 6.92 Å². The van der Waals surface area contributed by atoms with E-state index in [9.17, 15) is 0 Å². The Hall–Kier alpha value is -3.08. The number of nitrogens with zero attached hydrogens (tertiary/aromatic N) is 4. The molecule has 0 atom stereocenters. The zero-order valence-electron chi connectivity index (χ0n) is 11.9. The van der Waals surface area contributed by atoms with Gasteiger partial charge in [-0.05, 0) is 31.2 Å². The maximum absolute atomic E-state index is 5.44. The lowest BCUT2D eigenvalue weighted by molar-refractivity contribution is 0.432. The van der Waals surface area contributed by atoms with E-state index in [1.807, 2.05) is 55.5 Å².